The lowest BCUT2D eigenvalue weighted by molar-refractivity contribution is -0.137. The topological polar surface area (TPSA) is 73.6 Å². The standard InChI is InChI=1S/C22H26F3N5/c1-2-18(19-9-5-11-28-19)27-10-4-8-17-13-20(30-21(14-26)29-17)15-6-3-7-16(12-15)22(23,24)25/h3,6-7,12-13,18-19,27-28H,2,4-5,8-11H2,1H3. The summed E-state index contributed by atoms with van der Waals surface area (Å²) in [5.74, 6) is -0.0329. The molecule has 0 bridgehead atoms. The summed E-state index contributed by atoms with van der Waals surface area (Å²) >= 11 is 0. The second-order valence-electron chi connectivity index (χ2n) is 7.53. The number of nitrogens with one attached hydrogen (secondary N) is 2. The van der Waals surface area contributed by atoms with Crippen molar-refractivity contribution < 1.29 is 13.2 Å². The molecule has 0 spiro atoms. The minimum atomic E-state index is -4.43. The highest BCUT2D eigenvalue weighted by atomic mass is 19.4. The number of halogens is 3. The van der Waals surface area contributed by atoms with E-state index in [1.165, 1.54) is 18.9 Å². The Balaban J connectivity index is 1.67. The molecule has 3 rings (SSSR count). The maximum atomic E-state index is 13.0. The molecule has 1 aliphatic heterocycles. The third-order valence-electron chi connectivity index (χ3n) is 5.41. The van der Waals surface area contributed by atoms with Crippen molar-refractivity contribution in [2.45, 2.75) is 57.3 Å². The van der Waals surface area contributed by atoms with E-state index in [4.69, 9.17) is 0 Å². The van der Waals surface area contributed by atoms with Crippen LogP contribution in [0.3, 0.4) is 0 Å². The number of alkyl halides is 3. The molecule has 2 unspecified atom stereocenters. The van der Waals surface area contributed by atoms with Crippen LogP contribution in [0.2, 0.25) is 0 Å². The van der Waals surface area contributed by atoms with Gasteiger partial charge in [0.1, 0.15) is 6.07 Å². The Morgan fingerprint density at radius 1 is 1.30 bits per heavy atom. The fourth-order valence-corrected chi connectivity index (χ4v) is 3.86. The Bertz CT molecular complexity index is 885. The molecule has 0 radical (unpaired) electrons. The largest absolute Gasteiger partial charge is 0.416 e. The van der Waals surface area contributed by atoms with Crippen molar-refractivity contribution in [1.29, 1.82) is 5.26 Å². The highest BCUT2D eigenvalue weighted by Gasteiger charge is 2.30. The molecule has 8 heteroatoms. The smallest absolute Gasteiger partial charge is 0.312 e. The van der Waals surface area contributed by atoms with Crippen molar-refractivity contribution in [3.05, 3.63) is 47.4 Å². The van der Waals surface area contributed by atoms with Crippen LogP contribution >= 0.6 is 0 Å². The number of aromatic nitrogens is 2. The van der Waals surface area contributed by atoms with Gasteiger partial charge in [-0.1, -0.05) is 19.1 Å². The molecule has 2 heterocycles. The molecule has 160 valence electrons. The Morgan fingerprint density at radius 3 is 2.80 bits per heavy atom. The van der Waals surface area contributed by atoms with Gasteiger partial charge in [0.05, 0.1) is 11.3 Å². The Labute approximate surface area is 174 Å². The van der Waals surface area contributed by atoms with Crippen LogP contribution in [0.1, 0.15) is 49.7 Å². The van der Waals surface area contributed by atoms with Crippen molar-refractivity contribution in [1.82, 2.24) is 20.6 Å². The number of rotatable bonds is 8. The van der Waals surface area contributed by atoms with E-state index < -0.39 is 11.7 Å². The van der Waals surface area contributed by atoms with Crippen molar-refractivity contribution in [2.75, 3.05) is 13.1 Å². The molecule has 30 heavy (non-hydrogen) atoms. The molecule has 2 aromatic rings. The van der Waals surface area contributed by atoms with E-state index in [-0.39, 0.29) is 5.82 Å². The maximum absolute atomic E-state index is 13.0. The molecule has 2 N–H and O–H groups in total. The summed E-state index contributed by atoms with van der Waals surface area (Å²) < 4.78 is 39.1. The highest BCUT2D eigenvalue weighted by molar-refractivity contribution is 5.61. The van der Waals surface area contributed by atoms with Crippen LogP contribution in [0.15, 0.2) is 30.3 Å². The minimum absolute atomic E-state index is 0.0329. The number of aryl methyl sites for hydroxylation is 1. The van der Waals surface area contributed by atoms with Crippen LogP contribution in [0.5, 0.6) is 0 Å². The van der Waals surface area contributed by atoms with Crippen LogP contribution in [-0.4, -0.2) is 35.1 Å². The first kappa shape index (κ1) is 22.2. The van der Waals surface area contributed by atoms with E-state index in [2.05, 4.69) is 27.5 Å². The van der Waals surface area contributed by atoms with Crippen LogP contribution in [0.25, 0.3) is 11.3 Å². The molecule has 0 amide bonds. The van der Waals surface area contributed by atoms with Gasteiger partial charge in [0.25, 0.3) is 0 Å². The second-order valence-corrected chi connectivity index (χ2v) is 7.53. The lowest BCUT2D eigenvalue weighted by Gasteiger charge is -2.23. The molecule has 1 fully saturated rings. The second kappa shape index (κ2) is 10.0. The first-order chi connectivity index (χ1) is 14.4. The van der Waals surface area contributed by atoms with E-state index in [1.54, 1.807) is 12.1 Å². The molecule has 1 aromatic heterocycles. The molecule has 5 nitrogen and oxygen atoms in total. The molecule has 1 aliphatic rings. The Kier molecular flexibility index (Phi) is 7.40. The SMILES string of the molecule is CCC(NCCCc1cc(-c2cccc(C(F)(F)F)c2)nc(C#N)n1)C1CCCN1. The van der Waals surface area contributed by atoms with Gasteiger partial charge in [0.2, 0.25) is 5.82 Å². The Morgan fingerprint density at radius 2 is 2.13 bits per heavy atom. The van der Waals surface area contributed by atoms with Gasteiger partial charge >= 0.3 is 6.18 Å². The van der Waals surface area contributed by atoms with Crippen LogP contribution < -0.4 is 10.6 Å². The van der Waals surface area contributed by atoms with E-state index in [9.17, 15) is 18.4 Å². The summed E-state index contributed by atoms with van der Waals surface area (Å²) in [7, 11) is 0. The lowest BCUT2D eigenvalue weighted by Crippen LogP contribution is -2.44. The summed E-state index contributed by atoms with van der Waals surface area (Å²) in [6.45, 7) is 4.04. The molecule has 1 saturated heterocycles. The quantitative estimate of drug-likeness (QED) is 0.633. The predicted molar refractivity (Wildman–Crippen MR) is 109 cm³/mol. The van der Waals surface area contributed by atoms with Crippen LogP contribution in [0, 0.1) is 11.3 Å². The zero-order chi connectivity index (χ0) is 21.6. The van der Waals surface area contributed by atoms with Crippen molar-refractivity contribution in [3.63, 3.8) is 0 Å². The van der Waals surface area contributed by atoms with Gasteiger partial charge in [-0.2, -0.15) is 18.4 Å². The first-order valence-corrected chi connectivity index (χ1v) is 10.3. The van der Waals surface area contributed by atoms with Gasteiger partial charge < -0.3 is 10.6 Å². The van der Waals surface area contributed by atoms with Crippen LogP contribution in [0.4, 0.5) is 13.2 Å². The summed E-state index contributed by atoms with van der Waals surface area (Å²) in [4.78, 5) is 8.33. The number of hydrogen-bond acceptors (Lipinski definition) is 5. The predicted octanol–water partition coefficient (Wildman–Crippen LogP) is 4.09. The summed E-state index contributed by atoms with van der Waals surface area (Å²) in [5.41, 5.74) is 0.565. The minimum Gasteiger partial charge on any atom is -0.312 e. The normalized spacial score (nSPS) is 17.6. The first-order valence-electron chi connectivity index (χ1n) is 10.3. The number of benzene rings is 1. The van der Waals surface area contributed by atoms with E-state index in [0.29, 0.717) is 35.5 Å². The van der Waals surface area contributed by atoms with Gasteiger partial charge in [0.15, 0.2) is 0 Å². The van der Waals surface area contributed by atoms with Crippen LogP contribution in [-0.2, 0) is 12.6 Å². The fraction of sp³-hybridized carbons (Fsp3) is 0.500. The van der Waals surface area contributed by atoms with E-state index in [0.717, 1.165) is 38.1 Å². The summed E-state index contributed by atoms with van der Waals surface area (Å²) in [6, 6.07) is 9.49. The third kappa shape index (κ3) is 5.77. The zero-order valence-corrected chi connectivity index (χ0v) is 17.0. The van der Waals surface area contributed by atoms with Crippen molar-refractivity contribution >= 4 is 0 Å². The summed E-state index contributed by atoms with van der Waals surface area (Å²) in [5, 5.41) is 16.3. The monoisotopic (exact) mass is 417 g/mol. The fourth-order valence-electron chi connectivity index (χ4n) is 3.86. The van der Waals surface area contributed by atoms with E-state index in [1.807, 2.05) is 6.07 Å². The third-order valence-corrected chi connectivity index (χ3v) is 5.41. The zero-order valence-electron chi connectivity index (χ0n) is 17.0. The van der Waals surface area contributed by atoms with Gasteiger partial charge in [-0.25, -0.2) is 9.97 Å². The average molecular weight is 417 g/mol. The van der Waals surface area contributed by atoms with Crippen molar-refractivity contribution in [3.8, 4) is 17.3 Å². The van der Waals surface area contributed by atoms with Gasteiger partial charge in [-0.15, -0.1) is 0 Å². The van der Waals surface area contributed by atoms with Gasteiger partial charge in [-0.05, 0) is 63.4 Å². The van der Waals surface area contributed by atoms with Crippen molar-refractivity contribution in [2.24, 2.45) is 0 Å². The number of nitrogens with zero attached hydrogens (tertiary/aromatic N) is 3. The molecular formula is C22H26F3N5. The Hall–Kier alpha value is -2.50. The van der Waals surface area contributed by atoms with Gasteiger partial charge in [-0.3, -0.25) is 0 Å². The molecular weight excluding hydrogens is 391 g/mol. The van der Waals surface area contributed by atoms with Gasteiger partial charge in [0, 0.05) is 23.3 Å². The highest BCUT2D eigenvalue weighted by Crippen LogP contribution is 2.31. The maximum Gasteiger partial charge on any atom is 0.416 e. The molecule has 2 atom stereocenters. The number of nitriles is 1. The molecule has 1 aromatic carbocycles. The molecule has 0 saturated carbocycles. The summed E-state index contributed by atoms with van der Waals surface area (Å²) in [6.07, 6.45) is 0.434. The average Bonchev–Trinajstić information content (AvgIpc) is 3.27. The lowest BCUT2D eigenvalue weighted by atomic mass is 10.0. The van der Waals surface area contributed by atoms with E-state index >= 15 is 0 Å². The number of hydrogen-bond donors (Lipinski definition) is 2. The molecule has 0 aliphatic carbocycles.